The minimum atomic E-state index is -0.412. The zero-order chi connectivity index (χ0) is 22.6. The Morgan fingerprint density at radius 1 is 1.10 bits per heavy atom. The molecule has 0 spiro atoms. The fraction of sp³-hybridized carbons (Fsp3) is 0.828. The van der Waals surface area contributed by atoms with Crippen LogP contribution in [0, 0.1) is 52.3 Å². The summed E-state index contributed by atoms with van der Waals surface area (Å²) < 4.78 is 0. The minimum Gasteiger partial charge on any atom is -0.389 e. The van der Waals surface area contributed by atoms with Gasteiger partial charge in [0.15, 0.2) is 5.78 Å². The van der Waals surface area contributed by atoms with Crippen LogP contribution < -0.4 is 0 Å². The number of ketones is 1. The van der Waals surface area contributed by atoms with Gasteiger partial charge in [-0.05, 0) is 109 Å². The molecule has 31 heavy (non-hydrogen) atoms. The number of fused-ring (bicyclic) bond motifs is 5. The van der Waals surface area contributed by atoms with E-state index in [9.17, 15) is 9.90 Å². The molecule has 0 radical (unpaired) electrons. The van der Waals surface area contributed by atoms with Crippen LogP contribution in [0.3, 0.4) is 0 Å². The molecule has 4 aliphatic rings. The molecular formula is C29H46O2. The van der Waals surface area contributed by atoms with Crippen molar-refractivity contribution in [1.29, 1.82) is 0 Å². The minimum absolute atomic E-state index is 0.0345. The Hall–Kier alpha value is -0.890. The third-order valence-corrected chi connectivity index (χ3v) is 10.7. The molecule has 0 heterocycles. The van der Waals surface area contributed by atoms with E-state index in [4.69, 9.17) is 0 Å². The summed E-state index contributed by atoms with van der Waals surface area (Å²) in [6.45, 7) is 14.4. The fourth-order valence-corrected chi connectivity index (χ4v) is 8.79. The quantitative estimate of drug-likeness (QED) is 0.481. The van der Waals surface area contributed by atoms with Crippen LogP contribution in [-0.4, -0.2) is 17.0 Å². The van der Waals surface area contributed by atoms with Crippen molar-refractivity contribution >= 4 is 5.78 Å². The summed E-state index contributed by atoms with van der Waals surface area (Å²) in [6.07, 6.45) is 15.4. The lowest BCUT2D eigenvalue weighted by molar-refractivity contribution is -0.119. The van der Waals surface area contributed by atoms with E-state index in [-0.39, 0.29) is 11.2 Å². The summed E-state index contributed by atoms with van der Waals surface area (Å²) in [6, 6.07) is 0. The third-order valence-electron chi connectivity index (χ3n) is 10.7. The average Bonchev–Trinajstić information content (AvgIpc) is 3.07. The van der Waals surface area contributed by atoms with Crippen molar-refractivity contribution in [3.8, 4) is 0 Å². The molecule has 0 saturated heterocycles. The van der Waals surface area contributed by atoms with Crippen molar-refractivity contribution in [3.05, 3.63) is 23.8 Å². The van der Waals surface area contributed by atoms with E-state index in [1.54, 1.807) is 0 Å². The second-order valence-corrected chi connectivity index (χ2v) is 12.4. The Bertz CT molecular complexity index is 748. The summed E-state index contributed by atoms with van der Waals surface area (Å²) >= 11 is 0. The number of carbonyl (C=O) groups is 1. The van der Waals surface area contributed by atoms with E-state index < -0.39 is 6.10 Å². The number of rotatable bonds is 5. The lowest BCUT2D eigenvalue weighted by atomic mass is 9.46. The topological polar surface area (TPSA) is 37.3 Å². The van der Waals surface area contributed by atoms with Crippen LogP contribution in [0.15, 0.2) is 23.8 Å². The molecule has 4 rings (SSSR count). The second-order valence-electron chi connectivity index (χ2n) is 12.4. The normalized spacial score (nSPS) is 44.6. The Kier molecular flexibility index (Phi) is 6.36. The maximum absolute atomic E-state index is 12.1. The van der Waals surface area contributed by atoms with E-state index >= 15 is 0 Å². The molecule has 9 atom stereocenters. The molecule has 9 unspecified atom stereocenters. The van der Waals surface area contributed by atoms with Crippen molar-refractivity contribution < 1.29 is 9.90 Å². The van der Waals surface area contributed by atoms with Gasteiger partial charge in [0.1, 0.15) is 0 Å². The molecule has 0 bridgehead atoms. The highest BCUT2D eigenvalue weighted by atomic mass is 16.3. The van der Waals surface area contributed by atoms with Crippen LogP contribution >= 0.6 is 0 Å². The van der Waals surface area contributed by atoms with E-state index in [1.807, 2.05) is 6.08 Å². The zero-order valence-corrected chi connectivity index (χ0v) is 20.9. The molecule has 0 aromatic carbocycles. The lowest BCUT2D eigenvalue weighted by Gasteiger charge is -2.59. The molecule has 2 heteroatoms. The van der Waals surface area contributed by atoms with E-state index in [2.05, 4.69) is 53.7 Å². The predicted octanol–water partition coefficient (Wildman–Crippen LogP) is 6.98. The van der Waals surface area contributed by atoms with Gasteiger partial charge >= 0.3 is 0 Å². The van der Waals surface area contributed by atoms with Crippen LogP contribution in [0.2, 0.25) is 0 Å². The molecule has 0 aromatic rings. The molecule has 3 saturated carbocycles. The Morgan fingerprint density at radius 3 is 2.52 bits per heavy atom. The van der Waals surface area contributed by atoms with Gasteiger partial charge < -0.3 is 5.11 Å². The number of allylic oxidation sites excluding steroid dienone is 2. The first-order valence-electron chi connectivity index (χ1n) is 13.2. The summed E-state index contributed by atoms with van der Waals surface area (Å²) in [7, 11) is 0. The summed E-state index contributed by atoms with van der Waals surface area (Å²) in [5.41, 5.74) is 1.50. The van der Waals surface area contributed by atoms with Crippen molar-refractivity contribution in [3.63, 3.8) is 0 Å². The van der Waals surface area contributed by atoms with E-state index in [1.165, 1.54) is 32.1 Å². The van der Waals surface area contributed by atoms with Gasteiger partial charge in [-0.3, -0.25) is 4.79 Å². The monoisotopic (exact) mass is 426 g/mol. The maximum Gasteiger partial charge on any atom is 0.155 e. The van der Waals surface area contributed by atoms with Gasteiger partial charge in [-0.2, -0.15) is 0 Å². The highest BCUT2D eigenvalue weighted by Gasteiger charge is 2.60. The first-order chi connectivity index (χ1) is 14.6. The Labute approximate surface area is 191 Å². The highest BCUT2D eigenvalue weighted by molar-refractivity contribution is 5.91. The van der Waals surface area contributed by atoms with Crippen LogP contribution in [0.5, 0.6) is 0 Å². The summed E-state index contributed by atoms with van der Waals surface area (Å²) in [5, 5.41) is 11.1. The van der Waals surface area contributed by atoms with Crippen molar-refractivity contribution in [2.75, 3.05) is 0 Å². The molecule has 0 aliphatic heterocycles. The highest BCUT2D eigenvalue weighted by Crippen LogP contribution is 2.67. The van der Waals surface area contributed by atoms with Crippen LogP contribution in [0.1, 0.15) is 92.9 Å². The summed E-state index contributed by atoms with van der Waals surface area (Å²) in [5.74, 6) is 5.00. The molecule has 4 aliphatic carbocycles. The Balaban J connectivity index is 1.55. The van der Waals surface area contributed by atoms with Gasteiger partial charge in [0, 0.05) is 6.42 Å². The van der Waals surface area contributed by atoms with Gasteiger partial charge in [0.2, 0.25) is 0 Å². The smallest absolute Gasteiger partial charge is 0.155 e. The van der Waals surface area contributed by atoms with Crippen LogP contribution in [-0.2, 0) is 4.79 Å². The van der Waals surface area contributed by atoms with Crippen molar-refractivity contribution in [2.24, 2.45) is 52.3 Å². The predicted molar refractivity (Wildman–Crippen MR) is 129 cm³/mol. The Morgan fingerprint density at radius 2 is 1.84 bits per heavy atom. The lowest BCUT2D eigenvalue weighted by Crippen LogP contribution is -2.54. The number of carbonyl (C=O) groups excluding carboxylic acids is 1. The molecule has 1 N–H and O–H groups in total. The zero-order valence-electron chi connectivity index (χ0n) is 20.9. The standard InChI is InChI=1S/C29H46O2/c1-7-20(18(2)3)9-8-19(4)23-10-11-24-22-17-27(31)26-16-21(30)12-14-29(26,6)25(22)13-15-28(23,24)5/h8-9,16,18-20,22-25,27,31H,7,10-15,17H2,1-6H3. The van der Waals surface area contributed by atoms with Gasteiger partial charge in [-0.1, -0.05) is 53.7 Å². The number of aliphatic hydroxyl groups excluding tert-OH is 1. The van der Waals surface area contributed by atoms with Crippen molar-refractivity contribution in [1.82, 2.24) is 0 Å². The van der Waals surface area contributed by atoms with Gasteiger partial charge in [-0.25, -0.2) is 0 Å². The van der Waals surface area contributed by atoms with E-state index in [0.29, 0.717) is 41.4 Å². The number of aliphatic hydroxyl groups is 1. The van der Waals surface area contributed by atoms with Crippen LogP contribution in [0.4, 0.5) is 0 Å². The maximum atomic E-state index is 12.1. The van der Waals surface area contributed by atoms with Crippen molar-refractivity contribution in [2.45, 2.75) is 99.0 Å². The summed E-state index contributed by atoms with van der Waals surface area (Å²) in [4.78, 5) is 12.1. The molecule has 2 nitrogen and oxygen atoms in total. The molecule has 3 fully saturated rings. The number of hydrogen-bond donors (Lipinski definition) is 1. The fourth-order valence-electron chi connectivity index (χ4n) is 8.79. The molecule has 174 valence electrons. The van der Waals surface area contributed by atoms with Gasteiger partial charge in [0.25, 0.3) is 0 Å². The average molecular weight is 427 g/mol. The largest absolute Gasteiger partial charge is 0.389 e. The SMILES string of the molecule is CCC(C=CC(C)C1CCC2C3CC(O)C4=CC(=O)CCC4(C)C3CCC12C)C(C)C. The van der Waals surface area contributed by atoms with E-state index in [0.717, 1.165) is 30.3 Å². The van der Waals surface area contributed by atoms with Gasteiger partial charge in [0.05, 0.1) is 6.10 Å². The third kappa shape index (κ3) is 3.79. The second kappa shape index (κ2) is 8.47. The molecule has 0 aromatic heterocycles. The van der Waals surface area contributed by atoms with Gasteiger partial charge in [-0.15, -0.1) is 0 Å². The number of hydrogen-bond acceptors (Lipinski definition) is 2. The molecule has 0 amide bonds. The first kappa shape index (κ1) is 23.3. The first-order valence-corrected chi connectivity index (χ1v) is 13.2. The van der Waals surface area contributed by atoms with Crippen LogP contribution in [0.25, 0.3) is 0 Å². The molecular weight excluding hydrogens is 380 g/mol.